The summed E-state index contributed by atoms with van der Waals surface area (Å²) in [7, 11) is 0. The maximum atomic E-state index is 13.5. The third-order valence-electron chi connectivity index (χ3n) is 6.29. The Kier molecular flexibility index (Phi) is 8.32. The van der Waals surface area contributed by atoms with Gasteiger partial charge in [0.1, 0.15) is 17.2 Å². The highest BCUT2D eigenvalue weighted by molar-refractivity contribution is 7.15. The van der Waals surface area contributed by atoms with E-state index in [2.05, 4.69) is 20.8 Å². The molecule has 0 aromatic carbocycles. The Morgan fingerprint density at radius 2 is 2.10 bits per heavy atom. The zero-order valence-corrected chi connectivity index (χ0v) is 18.8. The van der Waals surface area contributed by atoms with Crippen molar-refractivity contribution in [1.82, 2.24) is 20.4 Å². The van der Waals surface area contributed by atoms with E-state index >= 15 is 0 Å². The molecule has 2 heterocycles. The minimum absolute atomic E-state index is 0.00657. The van der Waals surface area contributed by atoms with Crippen LogP contribution in [0.25, 0.3) is 0 Å². The summed E-state index contributed by atoms with van der Waals surface area (Å²) < 4.78 is 13.5. The Morgan fingerprint density at radius 1 is 1.32 bits per heavy atom. The van der Waals surface area contributed by atoms with Gasteiger partial charge in [0.2, 0.25) is 16.9 Å². The van der Waals surface area contributed by atoms with Crippen molar-refractivity contribution in [1.29, 1.82) is 5.26 Å². The maximum Gasteiger partial charge on any atom is 0.237 e. The van der Waals surface area contributed by atoms with E-state index in [1.165, 1.54) is 16.2 Å². The molecular weight excluding hydrogens is 419 g/mol. The van der Waals surface area contributed by atoms with Gasteiger partial charge in [-0.25, -0.2) is 4.39 Å². The molecule has 1 aliphatic heterocycles. The summed E-state index contributed by atoms with van der Waals surface area (Å²) in [6.07, 6.45) is 6.16. The molecule has 1 aromatic rings. The minimum atomic E-state index is -1.13. The number of halogens is 1. The molecular formula is C21H31FN6O2S. The number of aromatic nitrogens is 2. The highest BCUT2D eigenvalue weighted by Gasteiger charge is 2.39. The molecule has 1 saturated heterocycles. The number of carbonyl (C=O) groups excluding carboxylic acids is 2. The first-order valence-electron chi connectivity index (χ1n) is 11.1. The van der Waals surface area contributed by atoms with Crippen LogP contribution in [0.1, 0.15) is 63.3 Å². The predicted molar refractivity (Wildman–Crippen MR) is 116 cm³/mol. The number of nitrogens with zero attached hydrogens (tertiary/aromatic N) is 4. The zero-order chi connectivity index (χ0) is 22.3. The van der Waals surface area contributed by atoms with Crippen LogP contribution in [0.4, 0.5) is 9.52 Å². The van der Waals surface area contributed by atoms with Gasteiger partial charge in [-0.15, -0.1) is 10.2 Å². The van der Waals surface area contributed by atoms with Crippen molar-refractivity contribution in [3.05, 3.63) is 5.01 Å². The van der Waals surface area contributed by atoms with Crippen molar-refractivity contribution in [3.63, 3.8) is 0 Å². The number of hydrogen-bond acceptors (Lipinski definition) is 7. The summed E-state index contributed by atoms with van der Waals surface area (Å²) in [4.78, 5) is 26.7. The Balaban J connectivity index is 1.47. The van der Waals surface area contributed by atoms with Gasteiger partial charge in [0.15, 0.2) is 0 Å². The molecule has 8 nitrogen and oxygen atoms in total. The maximum absolute atomic E-state index is 13.5. The Hall–Kier alpha value is -2.12. The number of rotatable bonds is 9. The molecule has 2 amide bonds. The molecule has 10 heteroatoms. The van der Waals surface area contributed by atoms with Crippen LogP contribution in [-0.2, 0) is 16.0 Å². The van der Waals surface area contributed by atoms with Crippen LogP contribution in [0.3, 0.4) is 0 Å². The Bertz CT molecular complexity index is 804. The van der Waals surface area contributed by atoms with Crippen molar-refractivity contribution in [2.75, 3.05) is 25.0 Å². The molecule has 1 unspecified atom stereocenters. The van der Waals surface area contributed by atoms with Crippen LogP contribution in [0.15, 0.2) is 0 Å². The van der Waals surface area contributed by atoms with Crippen molar-refractivity contribution in [2.45, 2.75) is 76.9 Å². The van der Waals surface area contributed by atoms with Gasteiger partial charge in [-0.05, 0) is 38.6 Å². The lowest BCUT2D eigenvalue weighted by Crippen LogP contribution is -2.41. The number of aryl methyl sites for hydroxylation is 1. The van der Waals surface area contributed by atoms with E-state index < -0.39 is 17.6 Å². The summed E-state index contributed by atoms with van der Waals surface area (Å²) in [5.41, 5.74) is -0.412. The van der Waals surface area contributed by atoms with Crippen LogP contribution in [0.5, 0.6) is 0 Å². The number of nitriles is 1. The second kappa shape index (κ2) is 11.0. The second-order valence-corrected chi connectivity index (χ2v) is 9.52. The number of alkyl halides is 1. The standard InChI is InChI=1S/C21H31FN6O2S/c1-2-17-26-27-20(31-17)25-19(30)21(7-4-3-5-8-21)9-6-10-24-13-18(29)28-14-15(22)11-16(28)12-23/h15-16,24H,2-11,13-14H2,1H3,(H,25,27,30)/t15-,16?/m0/s1. The first-order chi connectivity index (χ1) is 15.0. The summed E-state index contributed by atoms with van der Waals surface area (Å²) in [6.45, 7) is 2.67. The highest BCUT2D eigenvalue weighted by Crippen LogP contribution is 2.41. The van der Waals surface area contributed by atoms with Crippen LogP contribution < -0.4 is 10.6 Å². The SMILES string of the molecule is CCc1nnc(NC(=O)C2(CCCNCC(=O)N3C[C@@H](F)CC3C#N)CCCCC2)s1. The number of anilines is 1. The van der Waals surface area contributed by atoms with Gasteiger partial charge in [-0.1, -0.05) is 37.5 Å². The quantitative estimate of drug-likeness (QED) is 0.560. The molecule has 2 atom stereocenters. The average molecular weight is 451 g/mol. The van der Waals surface area contributed by atoms with E-state index in [1.54, 1.807) is 0 Å². The zero-order valence-electron chi connectivity index (χ0n) is 18.0. The highest BCUT2D eigenvalue weighted by atomic mass is 32.1. The molecule has 2 fully saturated rings. The van der Waals surface area contributed by atoms with Gasteiger partial charge in [-0.2, -0.15) is 5.26 Å². The van der Waals surface area contributed by atoms with Gasteiger partial charge < -0.3 is 15.5 Å². The molecule has 0 bridgehead atoms. The smallest absolute Gasteiger partial charge is 0.237 e. The molecule has 170 valence electrons. The Morgan fingerprint density at radius 3 is 2.77 bits per heavy atom. The van der Waals surface area contributed by atoms with E-state index in [0.29, 0.717) is 11.7 Å². The first kappa shape index (κ1) is 23.5. The van der Waals surface area contributed by atoms with Crippen molar-refractivity contribution in [3.8, 4) is 6.07 Å². The van der Waals surface area contributed by atoms with Crippen molar-refractivity contribution in [2.24, 2.45) is 5.41 Å². The summed E-state index contributed by atoms with van der Waals surface area (Å²) >= 11 is 1.41. The van der Waals surface area contributed by atoms with Crippen LogP contribution >= 0.6 is 11.3 Å². The third-order valence-corrected chi connectivity index (χ3v) is 7.27. The molecule has 2 aliphatic rings. The topological polar surface area (TPSA) is 111 Å². The lowest BCUT2D eigenvalue weighted by atomic mass is 9.70. The second-order valence-electron chi connectivity index (χ2n) is 8.45. The summed E-state index contributed by atoms with van der Waals surface area (Å²) in [5.74, 6) is -0.232. The van der Waals surface area contributed by atoms with E-state index in [9.17, 15) is 14.0 Å². The van der Waals surface area contributed by atoms with Crippen LogP contribution in [0, 0.1) is 16.7 Å². The van der Waals surface area contributed by atoms with E-state index in [-0.39, 0.29) is 31.3 Å². The van der Waals surface area contributed by atoms with Crippen molar-refractivity contribution < 1.29 is 14.0 Å². The van der Waals surface area contributed by atoms with Crippen LogP contribution in [0.2, 0.25) is 0 Å². The molecule has 0 spiro atoms. The molecule has 1 aromatic heterocycles. The monoisotopic (exact) mass is 450 g/mol. The largest absolute Gasteiger partial charge is 0.323 e. The fourth-order valence-corrected chi connectivity index (χ4v) is 5.20. The van der Waals surface area contributed by atoms with Gasteiger partial charge in [0, 0.05) is 11.8 Å². The van der Waals surface area contributed by atoms with E-state index in [4.69, 9.17) is 5.26 Å². The number of nitrogens with one attached hydrogen (secondary N) is 2. The number of likely N-dealkylation sites (tertiary alicyclic amines) is 1. The Labute approximate surface area is 186 Å². The summed E-state index contributed by atoms with van der Waals surface area (Å²) in [6, 6.07) is 1.32. The molecule has 2 N–H and O–H groups in total. The van der Waals surface area contributed by atoms with Gasteiger partial charge in [0.25, 0.3) is 0 Å². The fraction of sp³-hybridized carbons (Fsp3) is 0.762. The van der Waals surface area contributed by atoms with Gasteiger partial charge in [-0.3, -0.25) is 9.59 Å². The van der Waals surface area contributed by atoms with Gasteiger partial charge in [0.05, 0.1) is 19.2 Å². The molecule has 1 saturated carbocycles. The van der Waals surface area contributed by atoms with Crippen LogP contribution in [-0.4, -0.2) is 58.8 Å². The van der Waals surface area contributed by atoms with Gasteiger partial charge >= 0.3 is 0 Å². The number of carbonyl (C=O) groups is 2. The normalized spacial score (nSPS) is 22.8. The molecule has 1 aliphatic carbocycles. The fourth-order valence-electron chi connectivity index (χ4n) is 4.53. The van der Waals surface area contributed by atoms with E-state index in [1.807, 2.05) is 13.0 Å². The molecule has 0 radical (unpaired) electrons. The van der Waals surface area contributed by atoms with E-state index in [0.717, 1.165) is 56.4 Å². The lowest BCUT2D eigenvalue weighted by molar-refractivity contribution is -0.130. The minimum Gasteiger partial charge on any atom is -0.323 e. The predicted octanol–water partition coefficient (Wildman–Crippen LogP) is 2.82. The third kappa shape index (κ3) is 5.98. The molecule has 31 heavy (non-hydrogen) atoms. The number of amides is 2. The lowest BCUT2D eigenvalue weighted by Gasteiger charge is -2.35. The van der Waals surface area contributed by atoms with Crippen molar-refractivity contribution >= 4 is 28.3 Å². The molecule has 3 rings (SSSR count). The average Bonchev–Trinajstić information content (AvgIpc) is 3.39. The first-order valence-corrected chi connectivity index (χ1v) is 12.0. The number of hydrogen-bond donors (Lipinski definition) is 2. The summed E-state index contributed by atoms with van der Waals surface area (Å²) in [5, 5.41) is 24.8.